The highest BCUT2D eigenvalue weighted by Gasteiger charge is 2.27. The summed E-state index contributed by atoms with van der Waals surface area (Å²) < 4.78 is 30.6. The zero-order valence-electron chi connectivity index (χ0n) is 14.7. The van der Waals surface area contributed by atoms with Gasteiger partial charge in [0.25, 0.3) is 5.91 Å². The predicted molar refractivity (Wildman–Crippen MR) is 105 cm³/mol. The molecule has 1 amide bonds. The smallest absolute Gasteiger partial charge is 0.251 e. The summed E-state index contributed by atoms with van der Waals surface area (Å²) in [7, 11) is -3.14. The molecular formula is C19H21ClN2O4S. The number of sulfonamides is 1. The van der Waals surface area contributed by atoms with E-state index in [0.717, 1.165) is 5.56 Å². The lowest BCUT2D eigenvalue weighted by molar-refractivity contribution is 0.0951. The standard InChI is InChI=1S/C19H21ClN2O4S/c20-17-7-5-15(6-8-17)14-26-18-4-1-3-16(13-18)19(23)21-9-11-22-10-2-12-27(22,24)25/h1,3-8,13H,2,9-12,14H2,(H,21,23). The minimum atomic E-state index is -3.14. The highest BCUT2D eigenvalue weighted by molar-refractivity contribution is 7.89. The van der Waals surface area contributed by atoms with Gasteiger partial charge in [0.2, 0.25) is 10.0 Å². The van der Waals surface area contributed by atoms with Gasteiger partial charge in [0, 0.05) is 30.2 Å². The number of rotatable bonds is 7. The van der Waals surface area contributed by atoms with Gasteiger partial charge in [-0.25, -0.2) is 12.7 Å². The molecule has 144 valence electrons. The third-order valence-corrected chi connectivity index (χ3v) is 6.47. The van der Waals surface area contributed by atoms with E-state index in [1.54, 1.807) is 36.4 Å². The molecule has 1 N–H and O–H groups in total. The highest BCUT2D eigenvalue weighted by Crippen LogP contribution is 2.17. The molecule has 2 aromatic carbocycles. The molecule has 0 spiro atoms. The molecule has 6 nitrogen and oxygen atoms in total. The Morgan fingerprint density at radius 1 is 1.19 bits per heavy atom. The zero-order chi connectivity index (χ0) is 19.3. The summed E-state index contributed by atoms with van der Waals surface area (Å²) in [5.41, 5.74) is 1.44. The molecule has 0 radical (unpaired) electrons. The van der Waals surface area contributed by atoms with Crippen LogP contribution in [0.3, 0.4) is 0 Å². The van der Waals surface area contributed by atoms with Crippen LogP contribution in [0.1, 0.15) is 22.3 Å². The Balaban J connectivity index is 1.51. The third-order valence-electron chi connectivity index (χ3n) is 4.26. The van der Waals surface area contributed by atoms with Crippen molar-refractivity contribution in [3.63, 3.8) is 0 Å². The molecule has 1 aliphatic rings. The predicted octanol–water partition coefficient (Wildman–Crippen LogP) is 2.68. The molecule has 1 aliphatic heterocycles. The molecule has 0 atom stereocenters. The highest BCUT2D eigenvalue weighted by atomic mass is 35.5. The van der Waals surface area contributed by atoms with E-state index >= 15 is 0 Å². The lowest BCUT2D eigenvalue weighted by Crippen LogP contribution is -2.35. The van der Waals surface area contributed by atoms with E-state index in [0.29, 0.717) is 42.5 Å². The summed E-state index contributed by atoms with van der Waals surface area (Å²) >= 11 is 5.86. The molecule has 3 rings (SSSR count). The lowest BCUT2D eigenvalue weighted by atomic mass is 10.2. The molecular weight excluding hydrogens is 388 g/mol. The molecule has 1 fully saturated rings. The topological polar surface area (TPSA) is 75.7 Å². The van der Waals surface area contributed by atoms with Gasteiger partial charge in [-0.15, -0.1) is 0 Å². The molecule has 0 bridgehead atoms. The van der Waals surface area contributed by atoms with E-state index in [9.17, 15) is 13.2 Å². The molecule has 0 aliphatic carbocycles. The number of benzene rings is 2. The Hall–Kier alpha value is -2.09. The molecule has 1 saturated heterocycles. The molecule has 0 saturated carbocycles. The first-order chi connectivity index (χ1) is 12.9. The van der Waals surface area contributed by atoms with Crippen molar-refractivity contribution in [1.82, 2.24) is 9.62 Å². The van der Waals surface area contributed by atoms with Crippen molar-refractivity contribution in [3.8, 4) is 5.75 Å². The van der Waals surface area contributed by atoms with Crippen molar-refractivity contribution in [3.05, 3.63) is 64.7 Å². The molecule has 8 heteroatoms. The van der Waals surface area contributed by atoms with Crippen molar-refractivity contribution in [2.45, 2.75) is 13.0 Å². The lowest BCUT2D eigenvalue weighted by Gasteiger charge is -2.14. The van der Waals surface area contributed by atoms with Crippen LogP contribution in [0.2, 0.25) is 5.02 Å². The van der Waals surface area contributed by atoms with Crippen LogP contribution >= 0.6 is 11.6 Å². The number of halogens is 1. The van der Waals surface area contributed by atoms with Gasteiger partial charge < -0.3 is 10.1 Å². The van der Waals surface area contributed by atoms with Gasteiger partial charge >= 0.3 is 0 Å². The van der Waals surface area contributed by atoms with Crippen LogP contribution in [0.5, 0.6) is 5.75 Å². The largest absolute Gasteiger partial charge is 0.489 e. The SMILES string of the molecule is O=C(NCCN1CCCS1(=O)=O)c1cccc(OCc2ccc(Cl)cc2)c1. The first-order valence-electron chi connectivity index (χ1n) is 8.67. The van der Waals surface area contributed by atoms with E-state index in [2.05, 4.69) is 5.32 Å². The average molecular weight is 409 g/mol. The Labute approximate surface area is 164 Å². The Morgan fingerprint density at radius 3 is 2.67 bits per heavy atom. The van der Waals surface area contributed by atoms with Crippen LogP contribution in [-0.4, -0.2) is 44.0 Å². The Kier molecular flexibility index (Phi) is 6.36. The van der Waals surface area contributed by atoms with Gasteiger partial charge in [-0.3, -0.25) is 4.79 Å². The second kappa shape index (κ2) is 8.73. The van der Waals surface area contributed by atoms with Crippen LogP contribution in [-0.2, 0) is 16.6 Å². The van der Waals surface area contributed by atoms with Crippen molar-refractivity contribution >= 4 is 27.5 Å². The van der Waals surface area contributed by atoms with Crippen LogP contribution < -0.4 is 10.1 Å². The maximum atomic E-state index is 12.3. The number of nitrogens with one attached hydrogen (secondary N) is 1. The first kappa shape index (κ1) is 19.7. The van der Waals surface area contributed by atoms with Crippen molar-refractivity contribution in [1.29, 1.82) is 0 Å². The van der Waals surface area contributed by atoms with Crippen molar-refractivity contribution in [2.75, 3.05) is 25.4 Å². The van der Waals surface area contributed by atoms with Gasteiger partial charge in [-0.2, -0.15) is 0 Å². The number of carbonyl (C=O) groups excluding carboxylic acids is 1. The van der Waals surface area contributed by atoms with E-state index in [-0.39, 0.29) is 18.2 Å². The first-order valence-corrected chi connectivity index (χ1v) is 10.7. The summed E-state index contributed by atoms with van der Waals surface area (Å²) in [4.78, 5) is 12.3. The second-order valence-electron chi connectivity index (χ2n) is 6.27. The number of amides is 1. The minimum absolute atomic E-state index is 0.188. The fourth-order valence-corrected chi connectivity index (χ4v) is 4.47. The fourth-order valence-electron chi connectivity index (χ4n) is 2.81. The van der Waals surface area contributed by atoms with Crippen LogP contribution in [0.25, 0.3) is 0 Å². The van der Waals surface area contributed by atoms with Crippen LogP contribution in [0.15, 0.2) is 48.5 Å². The Bertz CT molecular complexity index is 900. The van der Waals surface area contributed by atoms with Crippen molar-refractivity contribution < 1.29 is 17.9 Å². The summed E-state index contributed by atoms with van der Waals surface area (Å²) in [6, 6.07) is 14.2. The van der Waals surface area contributed by atoms with Crippen LogP contribution in [0, 0.1) is 0 Å². The molecule has 27 heavy (non-hydrogen) atoms. The maximum absolute atomic E-state index is 12.3. The zero-order valence-corrected chi connectivity index (χ0v) is 16.3. The average Bonchev–Trinajstić information content (AvgIpc) is 3.00. The minimum Gasteiger partial charge on any atom is -0.489 e. The van der Waals surface area contributed by atoms with E-state index in [1.165, 1.54) is 4.31 Å². The molecule has 1 heterocycles. The van der Waals surface area contributed by atoms with Gasteiger partial charge in [-0.05, 0) is 42.3 Å². The fraction of sp³-hybridized carbons (Fsp3) is 0.316. The maximum Gasteiger partial charge on any atom is 0.251 e. The number of hydrogen-bond donors (Lipinski definition) is 1. The summed E-state index contributed by atoms with van der Waals surface area (Å²) in [5.74, 6) is 0.511. The normalized spacial score (nSPS) is 16.2. The van der Waals surface area contributed by atoms with E-state index < -0.39 is 10.0 Å². The van der Waals surface area contributed by atoms with E-state index in [1.807, 2.05) is 12.1 Å². The number of hydrogen-bond acceptors (Lipinski definition) is 4. The Morgan fingerprint density at radius 2 is 1.96 bits per heavy atom. The van der Waals surface area contributed by atoms with Gasteiger partial charge in [-0.1, -0.05) is 29.8 Å². The molecule has 0 aromatic heterocycles. The second-order valence-corrected chi connectivity index (χ2v) is 8.79. The third kappa shape index (κ3) is 5.45. The van der Waals surface area contributed by atoms with Gasteiger partial charge in [0.05, 0.1) is 5.75 Å². The van der Waals surface area contributed by atoms with Crippen molar-refractivity contribution in [2.24, 2.45) is 0 Å². The summed E-state index contributed by atoms with van der Waals surface area (Å²) in [6.45, 7) is 1.45. The van der Waals surface area contributed by atoms with Gasteiger partial charge in [0.15, 0.2) is 0 Å². The van der Waals surface area contributed by atoms with Crippen LogP contribution in [0.4, 0.5) is 0 Å². The molecule has 0 unspecified atom stereocenters. The number of nitrogens with zero attached hydrogens (tertiary/aromatic N) is 1. The number of carbonyl (C=O) groups is 1. The molecule has 2 aromatic rings. The quantitative estimate of drug-likeness (QED) is 0.764. The van der Waals surface area contributed by atoms with Gasteiger partial charge in [0.1, 0.15) is 12.4 Å². The summed E-state index contributed by atoms with van der Waals surface area (Å²) in [5, 5.41) is 3.42. The summed E-state index contributed by atoms with van der Waals surface area (Å²) in [6.07, 6.45) is 0.642. The monoisotopic (exact) mass is 408 g/mol. The van der Waals surface area contributed by atoms with E-state index in [4.69, 9.17) is 16.3 Å². The number of ether oxygens (including phenoxy) is 1.